The highest BCUT2D eigenvalue weighted by Crippen LogP contribution is 2.27. The van der Waals surface area contributed by atoms with Gasteiger partial charge in [0.2, 0.25) is 0 Å². The number of hydrogen-bond donors (Lipinski definition) is 1. The molecule has 0 spiro atoms. The molecule has 0 saturated carbocycles. The summed E-state index contributed by atoms with van der Waals surface area (Å²) in [6.45, 7) is -1.55. The normalized spacial score (nSPS) is 13.6. The Morgan fingerprint density at radius 3 is 2.40 bits per heavy atom. The van der Waals surface area contributed by atoms with E-state index in [1.807, 2.05) is 0 Å². The monoisotopic (exact) mass is 317 g/mol. The van der Waals surface area contributed by atoms with E-state index in [9.17, 15) is 22.0 Å². The predicted octanol–water partition coefficient (Wildman–Crippen LogP) is 3.85. The average molecular weight is 318 g/mol. The largest absolute Gasteiger partial charge is 0.411 e. The van der Waals surface area contributed by atoms with Gasteiger partial charge in [0, 0.05) is 17.7 Å². The lowest BCUT2D eigenvalue weighted by atomic mass is 10.0. The van der Waals surface area contributed by atoms with Crippen LogP contribution in [0.5, 0.6) is 0 Å². The standard InChI is InChI=1S/C12H13ClF5NO/c1-19-11(2-3-20-6-12(16,17)18)7-4-9(14)10(15)5-8(7)13/h4-5,11,19H,2-3,6H2,1H3. The maximum absolute atomic E-state index is 13.2. The van der Waals surface area contributed by atoms with Gasteiger partial charge < -0.3 is 10.1 Å². The number of nitrogens with one attached hydrogen (secondary N) is 1. The van der Waals surface area contributed by atoms with Crippen LogP contribution in [0.2, 0.25) is 5.02 Å². The fraction of sp³-hybridized carbons (Fsp3) is 0.500. The molecule has 1 atom stereocenters. The van der Waals surface area contributed by atoms with Crippen LogP contribution in [0.4, 0.5) is 22.0 Å². The molecule has 20 heavy (non-hydrogen) atoms. The molecule has 0 fully saturated rings. The van der Waals surface area contributed by atoms with Gasteiger partial charge >= 0.3 is 6.18 Å². The number of rotatable bonds is 6. The molecular formula is C12H13ClF5NO. The van der Waals surface area contributed by atoms with Crippen molar-refractivity contribution >= 4 is 11.6 Å². The fourth-order valence-electron chi connectivity index (χ4n) is 1.65. The summed E-state index contributed by atoms with van der Waals surface area (Å²) in [4.78, 5) is 0. The second-order valence-electron chi connectivity index (χ2n) is 4.09. The molecule has 0 radical (unpaired) electrons. The summed E-state index contributed by atoms with van der Waals surface area (Å²) >= 11 is 5.79. The molecule has 0 aliphatic rings. The minimum atomic E-state index is -4.39. The van der Waals surface area contributed by atoms with Gasteiger partial charge in [0.25, 0.3) is 0 Å². The maximum atomic E-state index is 13.2. The van der Waals surface area contributed by atoms with Crippen LogP contribution >= 0.6 is 11.6 Å². The van der Waals surface area contributed by atoms with Gasteiger partial charge in [-0.05, 0) is 31.2 Å². The number of ether oxygens (including phenoxy) is 1. The van der Waals surface area contributed by atoms with Crippen molar-refractivity contribution in [3.8, 4) is 0 Å². The van der Waals surface area contributed by atoms with E-state index < -0.39 is 30.5 Å². The molecule has 2 nitrogen and oxygen atoms in total. The molecule has 0 amide bonds. The van der Waals surface area contributed by atoms with Crippen molar-refractivity contribution in [3.05, 3.63) is 34.4 Å². The van der Waals surface area contributed by atoms with Crippen molar-refractivity contribution in [1.82, 2.24) is 5.32 Å². The van der Waals surface area contributed by atoms with Crippen LogP contribution < -0.4 is 5.32 Å². The molecule has 0 aromatic heterocycles. The second-order valence-corrected chi connectivity index (χ2v) is 4.49. The highest BCUT2D eigenvalue weighted by molar-refractivity contribution is 6.31. The molecule has 0 aliphatic heterocycles. The second kappa shape index (κ2) is 7.19. The molecule has 0 bridgehead atoms. The summed E-state index contributed by atoms with van der Waals surface area (Å²) in [5, 5.41) is 2.77. The van der Waals surface area contributed by atoms with Crippen LogP contribution in [0.15, 0.2) is 12.1 Å². The van der Waals surface area contributed by atoms with Gasteiger partial charge in [-0.3, -0.25) is 0 Å². The van der Waals surface area contributed by atoms with Crippen LogP contribution in [0, 0.1) is 11.6 Å². The zero-order chi connectivity index (χ0) is 15.3. The number of benzene rings is 1. The molecular weight excluding hydrogens is 305 g/mol. The summed E-state index contributed by atoms with van der Waals surface area (Å²) < 4.78 is 66.2. The Bertz CT molecular complexity index is 452. The third kappa shape index (κ3) is 5.22. The molecule has 1 N–H and O–H groups in total. The lowest BCUT2D eigenvalue weighted by molar-refractivity contribution is -0.174. The van der Waals surface area contributed by atoms with Gasteiger partial charge in [-0.25, -0.2) is 8.78 Å². The zero-order valence-electron chi connectivity index (χ0n) is 10.5. The van der Waals surface area contributed by atoms with Crippen LogP contribution in [-0.2, 0) is 4.74 Å². The Labute approximate surface area is 117 Å². The van der Waals surface area contributed by atoms with Gasteiger partial charge in [-0.2, -0.15) is 13.2 Å². The Hall–Kier alpha value is -0.920. The molecule has 114 valence electrons. The smallest absolute Gasteiger partial charge is 0.372 e. The lowest BCUT2D eigenvalue weighted by Gasteiger charge is -2.18. The third-order valence-corrected chi connectivity index (χ3v) is 2.91. The maximum Gasteiger partial charge on any atom is 0.411 e. The Balaban J connectivity index is 2.65. The van der Waals surface area contributed by atoms with E-state index in [4.69, 9.17) is 11.6 Å². The number of hydrogen-bond acceptors (Lipinski definition) is 2. The summed E-state index contributed by atoms with van der Waals surface area (Å²) in [6, 6.07) is 1.21. The molecule has 0 aliphatic carbocycles. The first kappa shape index (κ1) is 17.1. The van der Waals surface area contributed by atoms with Gasteiger partial charge in [-0.1, -0.05) is 11.6 Å². The van der Waals surface area contributed by atoms with Gasteiger partial charge in [0.1, 0.15) is 6.61 Å². The predicted molar refractivity (Wildman–Crippen MR) is 64.7 cm³/mol. The summed E-state index contributed by atoms with van der Waals surface area (Å²) in [6.07, 6.45) is -4.26. The van der Waals surface area contributed by atoms with E-state index >= 15 is 0 Å². The van der Waals surface area contributed by atoms with Crippen molar-refractivity contribution < 1.29 is 26.7 Å². The van der Waals surface area contributed by atoms with Crippen LogP contribution in [0.3, 0.4) is 0 Å². The van der Waals surface area contributed by atoms with Crippen LogP contribution in [0.1, 0.15) is 18.0 Å². The topological polar surface area (TPSA) is 21.3 Å². The van der Waals surface area contributed by atoms with E-state index in [-0.39, 0.29) is 23.6 Å². The van der Waals surface area contributed by atoms with Gasteiger partial charge in [-0.15, -0.1) is 0 Å². The van der Waals surface area contributed by atoms with E-state index in [0.717, 1.165) is 12.1 Å². The van der Waals surface area contributed by atoms with Gasteiger partial charge in [0.05, 0.1) is 0 Å². The van der Waals surface area contributed by atoms with E-state index in [1.54, 1.807) is 0 Å². The highest BCUT2D eigenvalue weighted by Gasteiger charge is 2.27. The Kier molecular flexibility index (Phi) is 6.16. The van der Waals surface area contributed by atoms with Crippen LogP contribution in [-0.4, -0.2) is 26.4 Å². The minimum absolute atomic E-state index is 0.000860. The van der Waals surface area contributed by atoms with Crippen molar-refractivity contribution in [3.63, 3.8) is 0 Å². The minimum Gasteiger partial charge on any atom is -0.372 e. The van der Waals surface area contributed by atoms with Crippen molar-refractivity contribution in [1.29, 1.82) is 0 Å². The first-order valence-corrected chi connectivity index (χ1v) is 6.08. The van der Waals surface area contributed by atoms with Crippen molar-refractivity contribution in [2.75, 3.05) is 20.3 Å². The molecule has 8 heteroatoms. The number of halogens is 6. The number of alkyl halides is 3. The van der Waals surface area contributed by atoms with Gasteiger partial charge in [0.15, 0.2) is 11.6 Å². The summed E-state index contributed by atoms with van der Waals surface area (Å²) in [5.74, 6) is -2.15. The molecule has 1 unspecified atom stereocenters. The molecule has 1 rings (SSSR count). The SMILES string of the molecule is CNC(CCOCC(F)(F)F)c1cc(F)c(F)cc1Cl. The van der Waals surface area contributed by atoms with E-state index in [2.05, 4.69) is 10.1 Å². The van der Waals surface area contributed by atoms with Crippen molar-refractivity contribution in [2.24, 2.45) is 0 Å². The molecule has 1 aromatic rings. The zero-order valence-corrected chi connectivity index (χ0v) is 11.3. The third-order valence-electron chi connectivity index (χ3n) is 2.58. The summed E-state index contributed by atoms with van der Waals surface area (Å²) in [7, 11) is 1.53. The molecule has 1 aromatic carbocycles. The molecule has 0 saturated heterocycles. The summed E-state index contributed by atoms with van der Waals surface area (Å²) in [5.41, 5.74) is 0.267. The Morgan fingerprint density at radius 1 is 1.25 bits per heavy atom. The molecule has 0 heterocycles. The fourth-order valence-corrected chi connectivity index (χ4v) is 1.93. The van der Waals surface area contributed by atoms with Crippen LogP contribution in [0.25, 0.3) is 0 Å². The quantitative estimate of drug-likeness (QED) is 0.489. The first-order valence-electron chi connectivity index (χ1n) is 5.71. The lowest BCUT2D eigenvalue weighted by Crippen LogP contribution is -2.22. The van der Waals surface area contributed by atoms with Crippen molar-refractivity contribution in [2.45, 2.75) is 18.6 Å². The van der Waals surface area contributed by atoms with E-state index in [1.165, 1.54) is 7.05 Å². The first-order chi connectivity index (χ1) is 9.24. The average Bonchev–Trinajstić information content (AvgIpc) is 2.33. The Morgan fingerprint density at radius 2 is 1.85 bits per heavy atom. The van der Waals surface area contributed by atoms with E-state index in [0.29, 0.717) is 0 Å². The highest BCUT2D eigenvalue weighted by atomic mass is 35.5.